The number of rotatable bonds is 12. The van der Waals surface area contributed by atoms with Crippen molar-refractivity contribution in [2.45, 2.75) is 135 Å². The molecule has 0 aromatic carbocycles. The minimum Gasteiger partial charge on any atom is -0.346 e. The number of amides is 5. The Morgan fingerprint density at radius 3 is 2.27 bits per heavy atom. The van der Waals surface area contributed by atoms with Gasteiger partial charge in [0, 0.05) is 13.1 Å². The molecule has 4 fully saturated rings. The second-order valence-corrected chi connectivity index (χ2v) is 18.2. The molecule has 11 nitrogen and oxygen atoms in total. The molecule has 3 N–H and O–H groups in total. The molecule has 2 aliphatic heterocycles. The molecule has 51 heavy (non-hydrogen) atoms. The van der Waals surface area contributed by atoms with Gasteiger partial charge >= 0.3 is 0 Å². The first-order chi connectivity index (χ1) is 24.0. The Labute approximate surface area is 306 Å². The van der Waals surface area contributed by atoms with Crippen molar-refractivity contribution >= 4 is 46.7 Å². The van der Waals surface area contributed by atoms with E-state index in [1.807, 2.05) is 26.2 Å². The Hall–Kier alpha value is -3.54. The molecule has 1 unspecified atom stereocenters. The average Bonchev–Trinajstić information content (AvgIpc) is 3.76. The third-order valence-corrected chi connectivity index (χ3v) is 12.6. The van der Waals surface area contributed by atoms with Crippen molar-refractivity contribution in [3.8, 4) is 0 Å². The van der Waals surface area contributed by atoms with Crippen molar-refractivity contribution in [1.82, 2.24) is 25.8 Å². The first-order valence-corrected chi connectivity index (χ1v) is 19.6. The van der Waals surface area contributed by atoms with Gasteiger partial charge in [-0.15, -0.1) is 17.9 Å². The molecule has 1 aromatic rings. The van der Waals surface area contributed by atoms with Crippen LogP contribution in [0.5, 0.6) is 0 Å². The molecule has 12 heteroatoms. The van der Waals surface area contributed by atoms with Gasteiger partial charge in [-0.3, -0.25) is 28.8 Å². The van der Waals surface area contributed by atoms with Gasteiger partial charge in [-0.1, -0.05) is 92.2 Å². The highest BCUT2D eigenvalue weighted by Crippen LogP contribution is 2.49. The smallest absolute Gasteiger partial charge is 0.289 e. The van der Waals surface area contributed by atoms with Gasteiger partial charge in [0.2, 0.25) is 23.5 Å². The fourth-order valence-corrected chi connectivity index (χ4v) is 9.12. The summed E-state index contributed by atoms with van der Waals surface area (Å²) in [5.41, 5.74) is -1.65. The van der Waals surface area contributed by atoms with Gasteiger partial charge < -0.3 is 25.8 Å². The summed E-state index contributed by atoms with van der Waals surface area (Å²) in [5.74, 6) is -2.59. The van der Waals surface area contributed by atoms with Gasteiger partial charge in [0.15, 0.2) is 0 Å². The maximum atomic E-state index is 15.1. The van der Waals surface area contributed by atoms with Crippen molar-refractivity contribution in [1.29, 1.82) is 0 Å². The molecular weight excluding hydrogens is 667 g/mol. The molecule has 2 saturated carbocycles. The highest BCUT2D eigenvalue weighted by molar-refractivity contribution is 7.12. The van der Waals surface area contributed by atoms with E-state index in [0.29, 0.717) is 37.1 Å². The number of nitrogens with zero attached hydrogens (tertiary/aromatic N) is 2. The molecule has 280 valence electrons. The van der Waals surface area contributed by atoms with Crippen LogP contribution in [0.15, 0.2) is 30.2 Å². The number of hydrogen-bond acceptors (Lipinski definition) is 7. The maximum absolute atomic E-state index is 15.1. The van der Waals surface area contributed by atoms with Gasteiger partial charge in [-0.05, 0) is 59.8 Å². The van der Waals surface area contributed by atoms with Crippen molar-refractivity contribution in [3.05, 3.63) is 35.0 Å². The van der Waals surface area contributed by atoms with E-state index in [-0.39, 0.29) is 41.5 Å². The monoisotopic (exact) mass is 723 g/mol. The molecule has 3 heterocycles. The summed E-state index contributed by atoms with van der Waals surface area (Å²) in [4.78, 5) is 86.9. The van der Waals surface area contributed by atoms with E-state index in [1.54, 1.807) is 21.9 Å². The van der Waals surface area contributed by atoms with E-state index in [0.717, 1.165) is 38.5 Å². The normalized spacial score (nSPS) is 24.6. The van der Waals surface area contributed by atoms with Crippen molar-refractivity contribution < 1.29 is 28.8 Å². The quantitative estimate of drug-likeness (QED) is 0.163. The molecule has 2 aliphatic carbocycles. The van der Waals surface area contributed by atoms with Crippen molar-refractivity contribution in [3.63, 3.8) is 0 Å². The maximum Gasteiger partial charge on any atom is 0.289 e. The number of ketones is 1. The van der Waals surface area contributed by atoms with Gasteiger partial charge in [0.25, 0.3) is 11.8 Å². The Morgan fingerprint density at radius 1 is 1.04 bits per heavy atom. The zero-order valence-corrected chi connectivity index (χ0v) is 32.0. The predicted molar refractivity (Wildman–Crippen MR) is 197 cm³/mol. The van der Waals surface area contributed by atoms with Gasteiger partial charge in [0.1, 0.15) is 18.1 Å². The Bertz CT molecular complexity index is 1500. The fraction of sp³-hybridized carbons (Fsp3) is 0.692. The van der Waals surface area contributed by atoms with Crippen LogP contribution in [-0.4, -0.2) is 87.9 Å². The topological polar surface area (TPSA) is 145 Å². The zero-order valence-electron chi connectivity index (χ0n) is 31.2. The standard InChI is InChI=1S/C39H57N5O6S/c1-8-19-40-34(48)29(45)26(21-24-14-12-15-24)41-32(46)27-22-25(37(2,3)4)23-43(27)36(50)31(38(5,6)7)44-35(49)30(39(44)17-10-9-11-18-39)42-33(47)28-16-13-20-51-28/h8,13,16,20,24-27,30-31H,1,9-12,14-15,17-19,21-23H2,2-7H3,(H,40,48)(H,41,46)(H,42,47)/t25-,26?,27+,30-,31-/m1/s1. The number of nitrogens with one attached hydrogen (secondary N) is 3. The van der Waals surface area contributed by atoms with Crippen LogP contribution in [0.3, 0.4) is 0 Å². The lowest BCUT2D eigenvalue weighted by Crippen LogP contribution is -2.83. The predicted octanol–water partition coefficient (Wildman–Crippen LogP) is 4.62. The third kappa shape index (κ3) is 7.95. The minimum atomic E-state index is -1.01. The summed E-state index contributed by atoms with van der Waals surface area (Å²) < 4.78 is 0. The Morgan fingerprint density at radius 2 is 1.73 bits per heavy atom. The van der Waals surface area contributed by atoms with Crippen LogP contribution in [0.2, 0.25) is 0 Å². The van der Waals surface area contributed by atoms with Crippen LogP contribution in [0.1, 0.15) is 115 Å². The van der Waals surface area contributed by atoms with Crippen molar-refractivity contribution in [2.24, 2.45) is 22.7 Å². The van der Waals surface area contributed by atoms with E-state index in [4.69, 9.17) is 0 Å². The van der Waals surface area contributed by atoms with Crippen LogP contribution >= 0.6 is 11.3 Å². The lowest BCUT2D eigenvalue weighted by Gasteiger charge is -2.63. The number of thiophene rings is 1. The molecule has 5 rings (SSSR count). The first kappa shape index (κ1) is 38.7. The molecule has 1 spiro atoms. The number of carbonyl (C=O) groups excluding carboxylic acids is 6. The van der Waals surface area contributed by atoms with E-state index >= 15 is 4.79 Å². The van der Waals surface area contributed by atoms with Gasteiger partial charge in [-0.25, -0.2) is 0 Å². The lowest BCUT2D eigenvalue weighted by atomic mass is 9.65. The van der Waals surface area contributed by atoms with Crippen LogP contribution in [0, 0.1) is 22.7 Å². The van der Waals surface area contributed by atoms with Crippen LogP contribution < -0.4 is 16.0 Å². The summed E-state index contributed by atoms with van der Waals surface area (Å²) in [5, 5.41) is 10.3. The van der Waals surface area contributed by atoms with Gasteiger partial charge in [0.05, 0.1) is 16.5 Å². The van der Waals surface area contributed by atoms with E-state index < -0.39 is 52.7 Å². The van der Waals surface area contributed by atoms with Crippen LogP contribution in [0.25, 0.3) is 0 Å². The summed E-state index contributed by atoms with van der Waals surface area (Å²) >= 11 is 1.32. The first-order valence-electron chi connectivity index (χ1n) is 18.7. The summed E-state index contributed by atoms with van der Waals surface area (Å²) in [6.45, 7) is 16.1. The molecule has 4 aliphatic rings. The summed E-state index contributed by atoms with van der Waals surface area (Å²) in [6, 6.07) is 0.0208. The number of hydrogen-bond donors (Lipinski definition) is 3. The largest absolute Gasteiger partial charge is 0.346 e. The molecule has 0 bridgehead atoms. The fourth-order valence-electron chi connectivity index (χ4n) is 8.50. The Kier molecular flexibility index (Phi) is 11.5. The second kappa shape index (κ2) is 15.2. The average molecular weight is 724 g/mol. The SMILES string of the molecule is C=CCNC(=O)C(=O)C(CC1CCC1)NC(=O)[C@@H]1C[C@@H](C(C)(C)C)CN1C(=O)[C@@H](N1C(=O)[C@@H](NC(=O)c2cccs2)C12CCCCC2)C(C)(C)C. The van der Waals surface area contributed by atoms with Crippen LogP contribution in [-0.2, 0) is 24.0 Å². The van der Waals surface area contributed by atoms with E-state index in [2.05, 4.69) is 43.3 Å². The zero-order chi connectivity index (χ0) is 37.3. The molecule has 5 amide bonds. The highest BCUT2D eigenvalue weighted by Gasteiger charge is 2.66. The van der Waals surface area contributed by atoms with E-state index in [9.17, 15) is 24.0 Å². The molecular formula is C39H57N5O6S. The lowest BCUT2D eigenvalue weighted by molar-refractivity contribution is -0.186. The Balaban J connectivity index is 1.44. The minimum absolute atomic E-state index is 0.0249. The highest BCUT2D eigenvalue weighted by atomic mass is 32.1. The molecule has 1 aromatic heterocycles. The van der Waals surface area contributed by atoms with Crippen LogP contribution in [0.4, 0.5) is 0 Å². The number of carbonyl (C=O) groups is 6. The summed E-state index contributed by atoms with van der Waals surface area (Å²) in [7, 11) is 0. The molecule has 5 atom stereocenters. The number of β-lactam (4-membered cyclic amide) rings is 1. The summed E-state index contributed by atoms with van der Waals surface area (Å²) in [6.07, 6.45) is 9.25. The molecule has 2 saturated heterocycles. The number of likely N-dealkylation sites (tertiary alicyclic amines) is 2. The van der Waals surface area contributed by atoms with E-state index in [1.165, 1.54) is 17.4 Å². The second-order valence-electron chi connectivity index (χ2n) is 17.3. The number of Topliss-reactive ketones (excluding diaryl/α,β-unsaturated/α-hetero) is 1. The van der Waals surface area contributed by atoms with Crippen molar-refractivity contribution in [2.75, 3.05) is 13.1 Å². The molecule has 0 radical (unpaired) electrons. The third-order valence-electron chi connectivity index (χ3n) is 11.7. The van der Waals surface area contributed by atoms with Gasteiger partial charge in [-0.2, -0.15) is 0 Å².